The predicted molar refractivity (Wildman–Crippen MR) is 115 cm³/mol. The van der Waals surface area contributed by atoms with Crippen LogP contribution in [0.4, 0.5) is 6.01 Å². The molecule has 1 aromatic heterocycles. The van der Waals surface area contributed by atoms with Gasteiger partial charge in [0, 0.05) is 18.7 Å². The first-order valence-electron chi connectivity index (χ1n) is 9.39. The lowest BCUT2D eigenvalue weighted by Crippen LogP contribution is -2.51. The van der Waals surface area contributed by atoms with Gasteiger partial charge in [-0.15, -0.1) is 5.11 Å². The number of oxazole rings is 1. The third-order valence-electron chi connectivity index (χ3n) is 5.28. The lowest BCUT2D eigenvalue weighted by atomic mass is 9.98. The van der Waals surface area contributed by atoms with Gasteiger partial charge in [-0.25, -0.2) is 27.0 Å². The highest BCUT2D eigenvalue weighted by molar-refractivity contribution is 7.94. The minimum atomic E-state index is -4.51. The second-order valence-electron chi connectivity index (χ2n) is 7.28. The number of nitrogens with zero attached hydrogens (tertiary/aromatic N) is 4. The summed E-state index contributed by atoms with van der Waals surface area (Å²) in [7, 11) is -8.50. The van der Waals surface area contributed by atoms with E-state index in [4.69, 9.17) is 15.3 Å². The molecule has 0 saturated carbocycles. The number of anilines is 1. The molecule has 1 fully saturated rings. The van der Waals surface area contributed by atoms with Crippen molar-refractivity contribution < 1.29 is 21.3 Å². The van der Waals surface area contributed by atoms with Gasteiger partial charge in [-0.3, -0.25) is 0 Å². The molecule has 0 atom stereocenters. The summed E-state index contributed by atoms with van der Waals surface area (Å²) in [6, 6.07) is 7.66. The van der Waals surface area contributed by atoms with Crippen LogP contribution in [0.3, 0.4) is 0 Å². The van der Waals surface area contributed by atoms with E-state index in [9.17, 15) is 16.8 Å². The molecule has 166 valence electrons. The molecule has 14 heteroatoms. The van der Waals surface area contributed by atoms with E-state index in [1.165, 1.54) is 12.1 Å². The molecule has 5 N–H and O–H groups in total. The fourth-order valence-electron chi connectivity index (χ4n) is 3.66. The number of azo groups is 1. The molecule has 2 aliphatic heterocycles. The Bertz CT molecular complexity index is 1540. The molecule has 0 aliphatic carbocycles. The summed E-state index contributed by atoms with van der Waals surface area (Å²) in [4.78, 5) is 7.23. The molecule has 0 bridgehead atoms. The number of aliphatic imine (C=N–C) groups is 1. The number of primary sulfonamides is 1. The zero-order valence-electron chi connectivity index (χ0n) is 16.4. The number of nitrogens with one attached hydrogen (secondary N) is 1. The molecule has 5 rings (SSSR count). The highest BCUT2D eigenvalue weighted by atomic mass is 32.2. The van der Waals surface area contributed by atoms with E-state index in [-0.39, 0.29) is 42.1 Å². The smallest absolute Gasteiger partial charge is 0.292 e. The number of fused-ring (bicyclic) bond motifs is 1. The number of hydrogen-bond acceptors (Lipinski definition) is 11. The van der Waals surface area contributed by atoms with Crippen molar-refractivity contribution in [3.8, 4) is 11.1 Å². The fourth-order valence-corrected chi connectivity index (χ4v) is 6.84. The van der Waals surface area contributed by atoms with Gasteiger partial charge in [-0.1, -0.05) is 12.1 Å². The van der Waals surface area contributed by atoms with Gasteiger partial charge < -0.3 is 15.5 Å². The number of rotatable bonds is 5. The molecular formula is C18H17N7O5S2. The second-order valence-corrected chi connectivity index (χ2v) is 11.0. The average Bonchev–Trinajstić information content (AvgIpc) is 3.32. The van der Waals surface area contributed by atoms with Gasteiger partial charge in [0.15, 0.2) is 27.9 Å². The summed E-state index contributed by atoms with van der Waals surface area (Å²) < 4.78 is 57.2. The number of sulfonamides is 1. The first kappa shape index (κ1) is 20.7. The SMILES string of the molecule is Nc1nc2ccc(-c3ccc(S(=O)(=O)C4CNC4)c(S(N)(=O)=O)c3C3=NCN=N3)cc2o1. The van der Waals surface area contributed by atoms with E-state index >= 15 is 0 Å². The molecule has 12 nitrogen and oxygen atoms in total. The minimum absolute atomic E-state index is 0.0139. The topological polar surface area (TPSA) is 195 Å². The minimum Gasteiger partial charge on any atom is -0.424 e. The van der Waals surface area contributed by atoms with Crippen LogP contribution in [0, 0.1) is 0 Å². The Labute approximate surface area is 182 Å². The van der Waals surface area contributed by atoms with Crippen molar-refractivity contribution in [3.63, 3.8) is 0 Å². The van der Waals surface area contributed by atoms with Gasteiger partial charge in [0.1, 0.15) is 10.4 Å². The maximum absolute atomic E-state index is 13.2. The van der Waals surface area contributed by atoms with Crippen LogP contribution >= 0.6 is 0 Å². The monoisotopic (exact) mass is 475 g/mol. The van der Waals surface area contributed by atoms with Gasteiger partial charge in [0.05, 0.1) is 10.1 Å². The number of hydrogen-bond donors (Lipinski definition) is 3. The summed E-state index contributed by atoms with van der Waals surface area (Å²) in [6.45, 7) is 0.418. The van der Waals surface area contributed by atoms with Crippen molar-refractivity contribution in [1.29, 1.82) is 0 Å². The molecular weight excluding hydrogens is 458 g/mol. The van der Waals surface area contributed by atoms with Gasteiger partial charge in [0.2, 0.25) is 10.0 Å². The van der Waals surface area contributed by atoms with Crippen molar-refractivity contribution in [2.45, 2.75) is 15.0 Å². The van der Waals surface area contributed by atoms with Gasteiger partial charge in [-0.05, 0) is 29.3 Å². The fraction of sp³-hybridized carbons (Fsp3) is 0.222. The zero-order valence-corrected chi connectivity index (χ0v) is 18.0. The molecule has 3 aromatic rings. The maximum Gasteiger partial charge on any atom is 0.292 e. The first-order valence-corrected chi connectivity index (χ1v) is 12.5. The second kappa shape index (κ2) is 7.16. The third kappa shape index (κ3) is 3.28. The molecule has 2 aliphatic rings. The van der Waals surface area contributed by atoms with Crippen molar-refractivity contribution in [2.24, 2.45) is 20.4 Å². The van der Waals surface area contributed by atoms with Crippen molar-refractivity contribution in [2.75, 3.05) is 25.5 Å². The van der Waals surface area contributed by atoms with Crippen LogP contribution in [0.15, 0.2) is 59.8 Å². The number of benzene rings is 2. The lowest BCUT2D eigenvalue weighted by Gasteiger charge is -2.28. The maximum atomic E-state index is 13.2. The zero-order chi connectivity index (χ0) is 22.7. The van der Waals surface area contributed by atoms with Gasteiger partial charge >= 0.3 is 0 Å². The van der Waals surface area contributed by atoms with E-state index < -0.39 is 30.0 Å². The molecule has 2 aromatic carbocycles. The molecule has 3 heterocycles. The summed E-state index contributed by atoms with van der Waals surface area (Å²) in [6.07, 6.45) is 0. The Balaban J connectivity index is 1.84. The lowest BCUT2D eigenvalue weighted by molar-refractivity contribution is 0.493. The van der Waals surface area contributed by atoms with E-state index in [0.717, 1.165) is 0 Å². The van der Waals surface area contributed by atoms with Crippen LogP contribution < -0.4 is 16.2 Å². The van der Waals surface area contributed by atoms with Crippen LogP contribution in [0.25, 0.3) is 22.2 Å². The summed E-state index contributed by atoms with van der Waals surface area (Å²) in [5, 5.41) is 15.4. The van der Waals surface area contributed by atoms with Gasteiger partial charge in [-0.2, -0.15) is 10.1 Å². The first-order chi connectivity index (χ1) is 15.2. The third-order valence-corrected chi connectivity index (χ3v) is 8.57. The highest BCUT2D eigenvalue weighted by Gasteiger charge is 2.39. The molecule has 0 radical (unpaired) electrons. The van der Waals surface area contributed by atoms with Crippen LogP contribution in [0.5, 0.6) is 0 Å². The summed E-state index contributed by atoms with van der Waals surface area (Å²) >= 11 is 0. The molecule has 0 amide bonds. The number of nitrogens with two attached hydrogens (primary N) is 2. The van der Waals surface area contributed by atoms with Crippen molar-refractivity contribution in [3.05, 3.63) is 35.9 Å². The number of amidine groups is 1. The Hall–Kier alpha value is -3.20. The predicted octanol–water partition coefficient (Wildman–Crippen LogP) is 0.640. The van der Waals surface area contributed by atoms with E-state index in [2.05, 4.69) is 25.5 Å². The van der Waals surface area contributed by atoms with E-state index in [0.29, 0.717) is 22.2 Å². The van der Waals surface area contributed by atoms with E-state index in [1.807, 2.05) is 0 Å². The Kier molecular flexibility index (Phi) is 4.63. The molecule has 32 heavy (non-hydrogen) atoms. The number of aromatic nitrogens is 1. The number of sulfone groups is 1. The standard InChI is InChI=1S/C18H17N7O5S2/c19-18-24-12-3-1-9(5-13(12)30-18)11-2-4-14(31(26,27)10-6-21-7-10)16(32(20,28)29)15(11)17-22-8-23-25-17/h1-5,10,21H,6-8H2,(H2,19,24)(H2,20,28,29). The molecule has 1 saturated heterocycles. The van der Waals surface area contributed by atoms with Crippen LogP contribution in [0.1, 0.15) is 5.56 Å². The normalized spacial score (nSPS) is 17.0. The Morgan fingerprint density at radius 2 is 1.88 bits per heavy atom. The average molecular weight is 476 g/mol. The highest BCUT2D eigenvalue weighted by Crippen LogP contribution is 2.37. The summed E-state index contributed by atoms with van der Waals surface area (Å²) in [5.41, 5.74) is 7.31. The van der Waals surface area contributed by atoms with Gasteiger partial charge in [0.25, 0.3) is 6.01 Å². The summed E-state index contributed by atoms with van der Waals surface area (Å²) in [5.74, 6) is -0.0232. The quantitative estimate of drug-likeness (QED) is 0.478. The Morgan fingerprint density at radius 1 is 1.09 bits per heavy atom. The Morgan fingerprint density at radius 3 is 2.50 bits per heavy atom. The van der Waals surface area contributed by atoms with Crippen LogP contribution in [0.2, 0.25) is 0 Å². The van der Waals surface area contributed by atoms with Crippen molar-refractivity contribution >= 4 is 42.8 Å². The van der Waals surface area contributed by atoms with Crippen LogP contribution in [-0.2, 0) is 19.9 Å². The van der Waals surface area contributed by atoms with E-state index in [1.54, 1.807) is 18.2 Å². The molecule has 0 spiro atoms. The van der Waals surface area contributed by atoms with Crippen LogP contribution in [-0.4, -0.2) is 52.7 Å². The van der Waals surface area contributed by atoms with Crippen molar-refractivity contribution in [1.82, 2.24) is 10.3 Å². The molecule has 0 unspecified atom stereocenters. The largest absolute Gasteiger partial charge is 0.424 e. The number of nitrogen functional groups attached to an aromatic ring is 1.